The van der Waals surface area contributed by atoms with Crippen LogP contribution in [-0.2, 0) is 9.59 Å². The van der Waals surface area contributed by atoms with Crippen LogP contribution in [0.1, 0.15) is 6.42 Å². The highest BCUT2D eigenvalue weighted by Crippen LogP contribution is 2.29. The predicted octanol–water partition coefficient (Wildman–Crippen LogP) is 1.89. The molecule has 0 radical (unpaired) electrons. The molecule has 0 saturated carbocycles. The number of nitrogens with one attached hydrogen (secondary N) is 1. The van der Waals surface area contributed by atoms with E-state index >= 15 is 0 Å². The number of hydroxylamine groups is 1. The summed E-state index contributed by atoms with van der Waals surface area (Å²) in [5.74, 6) is -3.64. The number of nitrogens with zero attached hydrogens (tertiary/aromatic N) is 3. The van der Waals surface area contributed by atoms with Crippen molar-refractivity contribution >= 4 is 17.5 Å². The summed E-state index contributed by atoms with van der Waals surface area (Å²) < 4.78 is 32.6. The van der Waals surface area contributed by atoms with Gasteiger partial charge in [0, 0.05) is 44.5 Å². The first-order valence-corrected chi connectivity index (χ1v) is 11.2. The van der Waals surface area contributed by atoms with Crippen LogP contribution < -0.4 is 15.1 Å². The van der Waals surface area contributed by atoms with Crippen LogP contribution in [0, 0.1) is 17.6 Å². The van der Waals surface area contributed by atoms with Crippen molar-refractivity contribution in [3.05, 3.63) is 60.2 Å². The van der Waals surface area contributed by atoms with Crippen molar-refractivity contribution in [1.82, 2.24) is 15.3 Å². The molecule has 0 unspecified atom stereocenters. The Hall–Kier alpha value is -3.24. The monoisotopic (exact) mass is 474 g/mol. The summed E-state index contributed by atoms with van der Waals surface area (Å²) >= 11 is 0. The highest BCUT2D eigenvalue weighted by atomic mass is 19.2. The smallest absolute Gasteiger partial charge is 0.248 e. The summed E-state index contributed by atoms with van der Waals surface area (Å²) in [6.07, 6.45) is -0.424. The number of carbonyl (C=O) groups is 2. The number of halogens is 2. The third kappa shape index (κ3) is 5.13. The second kappa shape index (κ2) is 10.4. The van der Waals surface area contributed by atoms with Gasteiger partial charge in [-0.15, -0.1) is 0 Å². The van der Waals surface area contributed by atoms with Gasteiger partial charge in [0.25, 0.3) is 0 Å². The van der Waals surface area contributed by atoms with Crippen molar-refractivity contribution < 1.29 is 28.3 Å². The normalized spacial score (nSPS) is 23.5. The number of hydrogen-bond donors (Lipinski definition) is 2. The Morgan fingerprint density at radius 3 is 2.38 bits per heavy atom. The Balaban J connectivity index is 1.44. The lowest BCUT2D eigenvalue weighted by molar-refractivity contribution is -0.151. The van der Waals surface area contributed by atoms with Gasteiger partial charge in [-0.05, 0) is 37.7 Å². The van der Waals surface area contributed by atoms with Gasteiger partial charge in [-0.2, -0.15) is 0 Å². The van der Waals surface area contributed by atoms with E-state index in [0.29, 0.717) is 32.7 Å². The predicted molar refractivity (Wildman–Crippen MR) is 120 cm³/mol. The molecule has 2 N–H and O–H groups in total. The van der Waals surface area contributed by atoms with Gasteiger partial charge >= 0.3 is 0 Å². The van der Waals surface area contributed by atoms with Gasteiger partial charge in [0.15, 0.2) is 11.6 Å². The van der Waals surface area contributed by atoms with Gasteiger partial charge < -0.3 is 14.5 Å². The first kappa shape index (κ1) is 23.9. The van der Waals surface area contributed by atoms with Crippen LogP contribution in [0.5, 0.6) is 5.75 Å². The summed E-state index contributed by atoms with van der Waals surface area (Å²) in [5.41, 5.74) is 2.76. The van der Waals surface area contributed by atoms with Crippen molar-refractivity contribution in [2.45, 2.75) is 18.6 Å². The van der Waals surface area contributed by atoms with Crippen LogP contribution >= 0.6 is 0 Å². The maximum absolute atomic E-state index is 13.6. The number of anilines is 1. The maximum atomic E-state index is 13.6. The van der Waals surface area contributed by atoms with Crippen molar-refractivity contribution in [3.8, 4) is 5.75 Å². The number of likely N-dealkylation sites (tertiary alicyclic amines) is 1. The number of piperidine rings is 1. The molecule has 0 bridgehead atoms. The Kier molecular flexibility index (Phi) is 7.28. The number of benzene rings is 2. The second-order valence-electron chi connectivity index (χ2n) is 8.67. The minimum atomic E-state index is -1.03. The zero-order valence-corrected chi connectivity index (χ0v) is 18.9. The standard InChI is InChI=1S/C24H28F2N4O4/c1-28-15-18(34-17-7-8-20(25)21(26)14-17)13-19(23(31)27-33)22(28)24(32)30-11-9-29(10-12-30)16-5-3-2-4-6-16/h2-8,14,18-19,22,33H,9-13,15H2,1H3,(H,27,31)/t18-,19-,22-/m0/s1. The minimum Gasteiger partial charge on any atom is -0.489 e. The molecule has 182 valence electrons. The summed E-state index contributed by atoms with van der Waals surface area (Å²) in [4.78, 5) is 31.6. The van der Waals surface area contributed by atoms with Crippen molar-refractivity contribution in [2.24, 2.45) is 5.92 Å². The molecule has 2 amide bonds. The molecule has 3 atom stereocenters. The van der Waals surface area contributed by atoms with Crippen molar-refractivity contribution in [1.29, 1.82) is 0 Å². The fourth-order valence-corrected chi connectivity index (χ4v) is 4.76. The van der Waals surface area contributed by atoms with Gasteiger partial charge in [0.1, 0.15) is 17.9 Å². The lowest BCUT2D eigenvalue weighted by Crippen LogP contribution is -2.62. The number of amides is 2. The van der Waals surface area contributed by atoms with E-state index in [1.54, 1.807) is 22.3 Å². The zero-order valence-electron chi connectivity index (χ0n) is 18.9. The third-order valence-electron chi connectivity index (χ3n) is 6.47. The third-order valence-corrected chi connectivity index (χ3v) is 6.47. The Bertz CT molecular complexity index is 1020. The molecule has 10 heteroatoms. The highest BCUT2D eigenvalue weighted by molar-refractivity contribution is 5.90. The molecule has 0 aliphatic carbocycles. The molecule has 0 aromatic heterocycles. The number of likely N-dealkylation sites (N-methyl/N-ethyl adjacent to an activating group) is 1. The van der Waals surface area contributed by atoms with Crippen LogP contribution in [0.4, 0.5) is 14.5 Å². The van der Waals surface area contributed by atoms with E-state index in [1.165, 1.54) is 6.07 Å². The van der Waals surface area contributed by atoms with E-state index in [1.807, 2.05) is 30.3 Å². The van der Waals surface area contributed by atoms with E-state index in [9.17, 15) is 23.6 Å². The number of piperazine rings is 1. The zero-order chi connectivity index (χ0) is 24.2. The van der Waals surface area contributed by atoms with Crippen molar-refractivity contribution in [3.63, 3.8) is 0 Å². The first-order valence-electron chi connectivity index (χ1n) is 11.2. The van der Waals surface area contributed by atoms with E-state index in [2.05, 4.69) is 4.90 Å². The summed E-state index contributed by atoms with van der Waals surface area (Å²) in [6.45, 7) is 2.67. The molecule has 2 aliphatic heterocycles. The van der Waals surface area contributed by atoms with Crippen molar-refractivity contribution in [2.75, 3.05) is 44.7 Å². The highest BCUT2D eigenvalue weighted by Gasteiger charge is 2.45. The molecule has 2 aromatic rings. The lowest BCUT2D eigenvalue weighted by atomic mass is 9.86. The molecule has 2 aliphatic rings. The van der Waals surface area contributed by atoms with Gasteiger partial charge in [0.05, 0.1) is 5.92 Å². The van der Waals surface area contributed by atoms with Gasteiger partial charge in [0.2, 0.25) is 11.8 Å². The molecule has 2 aromatic carbocycles. The van der Waals surface area contributed by atoms with Crippen LogP contribution in [-0.4, -0.2) is 78.7 Å². The molecule has 4 rings (SSSR count). The molecule has 2 heterocycles. The Morgan fingerprint density at radius 2 is 1.74 bits per heavy atom. The largest absolute Gasteiger partial charge is 0.489 e. The van der Waals surface area contributed by atoms with Crippen LogP contribution in [0.3, 0.4) is 0 Å². The van der Waals surface area contributed by atoms with E-state index in [-0.39, 0.29) is 18.1 Å². The first-order chi connectivity index (χ1) is 16.4. The second-order valence-corrected chi connectivity index (χ2v) is 8.67. The quantitative estimate of drug-likeness (QED) is 0.509. The SMILES string of the molecule is CN1C[C@@H](Oc2ccc(F)c(F)c2)C[C@H](C(=O)NO)[C@H]1C(=O)N1CCN(c2ccccc2)CC1. The van der Waals surface area contributed by atoms with E-state index in [4.69, 9.17) is 4.74 Å². The number of rotatable bonds is 5. The summed E-state index contributed by atoms with van der Waals surface area (Å²) in [6, 6.07) is 12.4. The van der Waals surface area contributed by atoms with Crippen LogP contribution in [0.15, 0.2) is 48.5 Å². The maximum Gasteiger partial charge on any atom is 0.248 e. The Morgan fingerprint density at radius 1 is 1.03 bits per heavy atom. The topological polar surface area (TPSA) is 85.3 Å². The van der Waals surface area contributed by atoms with Crippen LogP contribution in [0.25, 0.3) is 0 Å². The molecule has 2 fully saturated rings. The summed E-state index contributed by atoms with van der Waals surface area (Å²) in [5, 5.41) is 9.31. The van der Waals surface area contributed by atoms with E-state index < -0.39 is 35.6 Å². The van der Waals surface area contributed by atoms with Crippen LogP contribution in [0.2, 0.25) is 0 Å². The van der Waals surface area contributed by atoms with Gasteiger partial charge in [-0.3, -0.25) is 19.7 Å². The number of hydrogen-bond acceptors (Lipinski definition) is 6. The Labute approximate surface area is 196 Å². The molecule has 2 saturated heterocycles. The number of carbonyl (C=O) groups excluding carboxylic acids is 2. The van der Waals surface area contributed by atoms with E-state index in [0.717, 1.165) is 17.8 Å². The lowest BCUT2D eigenvalue weighted by Gasteiger charge is -2.44. The van der Waals surface area contributed by atoms with Gasteiger partial charge in [-0.1, -0.05) is 18.2 Å². The molecule has 34 heavy (non-hydrogen) atoms. The van der Waals surface area contributed by atoms with Gasteiger partial charge in [-0.25, -0.2) is 14.3 Å². The molecule has 0 spiro atoms. The molecular weight excluding hydrogens is 446 g/mol. The number of ether oxygens (including phenoxy) is 1. The molecular formula is C24H28F2N4O4. The number of para-hydroxylation sites is 1. The average molecular weight is 475 g/mol. The molecule has 8 nitrogen and oxygen atoms in total. The average Bonchev–Trinajstić information content (AvgIpc) is 2.85. The summed E-state index contributed by atoms with van der Waals surface area (Å²) in [7, 11) is 1.71. The fourth-order valence-electron chi connectivity index (χ4n) is 4.76. The fraction of sp³-hybridized carbons (Fsp3) is 0.417. The minimum absolute atomic E-state index is 0.127.